The highest BCUT2D eigenvalue weighted by molar-refractivity contribution is 5.72. The fourth-order valence-corrected chi connectivity index (χ4v) is 5.44. The van der Waals surface area contributed by atoms with E-state index in [4.69, 9.17) is 23.7 Å². The molecule has 1 saturated carbocycles. The zero-order valence-corrected chi connectivity index (χ0v) is 20.4. The molecule has 0 aromatic heterocycles. The average Bonchev–Trinajstić information content (AvgIpc) is 3.32. The molecule has 4 aliphatic rings. The maximum Gasteiger partial charge on any atom is 0.306 e. The molecular weight excluding hydrogens is 420 g/mol. The Hall–Kier alpha value is -1.39. The third kappa shape index (κ3) is 6.39. The van der Waals surface area contributed by atoms with E-state index < -0.39 is 0 Å². The minimum Gasteiger partial charge on any atom is -0.462 e. The molecule has 3 saturated heterocycles. The van der Waals surface area contributed by atoms with Crippen molar-refractivity contribution < 1.29 is 28.5 Å². The Morgan fingerprint density at radius 1 is 1.12 bits per heavy atom. The molecule has 3 aliphatic heterocycles. The fraction of sp³-hybridized carbons (Fsp3) is 0.815. The van der Waals surface area contributed by atoms with Gasteiger partial charge in [0.15, 0.2) is 12.6 Å². The number of esters is 1. The zero-order valence-electron chi connectivity index (χ0n) is 20.4. The number of fused-ring (bicyclic) bond motifs is 1. The molecule has 4 rings (SSSR count). The first kappa shape index (κ1) is 24.7. The van der Waals surface area contributed by atoms with Crippen molar-refractivity contribution in [3.05, 3.63) is 12.2 Å². The zero-order chi connectivity index (χ0) is 23.3. The van der Waals surface area contributed by atoms with Gasteiger partial charge in [-0.15, -0.1) is 11.8 Å². The monoisotopic (exact) mass is 460 g/mol. The topological polar surface area (TPSA) is 63.2 Å². The Morgan fingerprint density at radius 2 is 1.85 bits per heavy atom. The van der Waals surface area contributed by atoms with Gasteiger partial charge in [-0.2, -0.15) is 0 Å². The molecule has 184 valence electrons. The lowest BCUT2D eigenvalue weighted by Gasteiger charge is -2.35. The quantitative estimate of drug-likeness (QED) is 0.296. The Kier molecular flexibility index (Phi) is 8.51. The molecule has 0 amide bonds. The smallest absolute Gasteiger partial charge is 0.306 e. The summed E-state index contributed by atoms with van der Waals surface area (Å²) < 4.78 is 30.3. The van der Waals surface area contributed by atoms with Crippen LogP contribution in [0.15, 0.2) is 12.2 Å². The second kappa shape index (κ2) is 11.4. The van der Waals surface area contributed by atoms with Crippen LogP contribution in [0.5, 0.6) is 0 Å². The van der Waals surface area contributed by atoms with Gasteiger partial charge >= 0.3 is 5.97 Å². The van der Waals surface area contributed by atoms with Crippen molar-refractivity contribution in [3.63, 3.8) is 0 Å². The molecule has 0 N–H and O–H groups in total. The molecular formula is C27H40O6. The second-order valence-corrected chi connectivity index (χ2v) is 10.5. The normalized spacial score (nSPS) is 35.7. The van der Waals surface area contributed by atoms with Crippen molar-refractivity contribution in [1.82, 2.24) is 0 Å². The van der Waals surface area contributed by atoms with Gasteiger partial charge in [-0.3, -0.25) is 4.79 Å². The predicted octanol–water partition coefficient (Wildman–Crippen LogP) is 4.76. The van der Waals surface area contributed by atoms with Crippen molar-refractivity contribution in [1.29, 1.82) is 0 Å². The average molecular weight is 461 g/mol. The van der Waals surface area contributed by atoms with Gasteiger partial charge in [0.25, 0.3) is 0 Å². The molecule has 0 radical (unpaired) electrons. The minimum absolute atomic E-state index is 0.0161. The van der Waals surface area contributed by atoms with Gasteiger partial charge in [-0.05, 0) is 45.4 Å². The third-order valence-corrected chi connectivity index (χ3v) is 7.45. The van der Waals surface area contributed by atoms with Crippen LogP contribution in [0.1, 0.15) is 78.6 Å². The first-order valence-corrected chi connectivity index (χ1v) is 12.8. The third-order valence-electron chi connectivity index (χ3n) is 7.45. The van der Waals surface area contributed by atoms with Gasteiger partial charge in [-0.1, -0.05) is 26.0 Å². The van der Waals surface area contributed by atoms with Crippen LogP contribution in [0.4, 0.5) is 0 Å². The summed E-state index contributed by atoms with van der Waals surface area (Å²) in [7, 11) is 0. The van der Waals surface area contributed by atoms with Gasteiger partial charge in [0.1, 0.15) is 6.10 Å². The van der Waals surface area contributed by atoms with Crippen molar-refractivity contribution in [2.24, 2.45) is 17.3 Å². The van der Waals surface area contributed by atoms with Crippen LogP contribution < -0.4 is 0 Å². The lowest BCUT2D eigenvalue weighted by molar-refractivity contribution is -0.197. The SMILES string of the molecule is CC#CCC(C)(C)[C@@H](C=C[C@@H]1[C@H]2CC(=O)O[C@H]2C[C@H]1OC1CCCCO1)OC1CCCCO1. The largest absolute Gasteiger partial charge is 0.462 e. The van der Waals surface area contributed by atoms with E-state index >= 15 is 0 Å². The second-order valence-electron chi connectivity index (χ2n) is 10.5. The van der Waals surface area contributed by atoms with Crippen molar-refractivity contribution in [2.45, 2.75) is 109 Å². The van der Waals surface area contributed by atoms with Crippen LogP contribution in [0, 0.1) is 29.1 Å². The summed E-state index contributed by atoms with van der Waals surface area (Å²) in [6.07, 6.45) is 12.0. The molecule has 0 spiro atoms. The molecule has 6 heteroatoms. The molecule has 2 unspecified atom stereocenters. The molecule has 4 fully saturated rings. The van der Waals surface area contributed by atoms with E-state index in [1.165, 1.54) is 0 Å². The van der Waals surface area contributed by atoms with E-state index in [1.54, 1.807) is 0 Å². The molecule has 7 atom stereocenters. The van der Waals surface area contributed by atoms with E-state index in [1.807, 2.05) is 6.92 Å². The predicted molar refractivity (Wildman–Crippen MR) is 124 cm³/mol. The van der Waals surface area contributed by atoms with Gasteiger partial charge in [0.2, 0.25) is 0 Å². The van der Waals surface area contributed by atoms with Crippen LogP contribution in [-0.4, -0.2) is 50.1 Å². The Balaban J connectivity index is 1.51. The molecule has 33 heavy (non-hydrogen) atoms. The van der Waals surface area contributed by atoms with Crippen LogP contribution in [-0.2, 0) is 28.5 Å². The highest BCUT2D eigenvalue weighted by atomic mass is 16.7. The van der Waals surface area contributed by atoms with E-state index in [0.717, 1.165) is 64.6 Å². The first-order chi connectivity index (χ1) is 16.0. The van der Waals surface area contributed by atoms with Crippen molar-refractivity contribution >= 4 is 5.97 Å². The van der Waals surface area contributed by atoms with E-state index in [-0.39, 0.29) is 54.1 Å². The maximum absolute atomic E-state index is 12.0. The van der Waals surface area contributed by atoms with Crippen LogP contribution >= 0.6 is 0 Å². The standard InChI is InChI=1S/C27H40O6/c1-4-5-14-27(2,3)23(33-26-11-7-9-16-30-26)13-12-19-20-17-24(28)31-22(20)18-21(19)32-25-10-6-8-15-29-25/h12-13,19-23,25-26H,6-11,14-18H2,1-3H3/t19-,20-,21-,22+,23-,25?,26?/m1/s1. The molecule has 0 aromatic rings. The molecule has 1 aliphatic carbocycles. The summed E-state index contributed by atoms with van der Waals surface area (Å²) in [6.45, 7) is 7.76. The number of carbonyl (C=O) groups is 1. The van der Waals surface area contributed by atoms with Gasteiger partial charge in [0, 0.05) is 43.3 Å². The fourth-order valence-electron chi connectivity index (χ4n) is 5.44. The van der Waals surface area contributed by atoms with Crippen LogP contribution in [0.3, 0.4) is 0 Å². The Morgan fingerprint density at radius 3 is 2.52 bits per heavy atom. The van der Waals surface area contributed by atoms with Crippen LogP contribution in [0.2, 0.25) is 0 Å². The maximum atomic E-state index is 12.0. The summed E-state index contributed by atoms with van der Waals surface area (Å²) >= 11 is 0. The van der Waals surface area contributed by atoms with Crippen LogP contribution in [0.25, 0.3) is 0 Å². The lowest BCUT2D eigenvalue weighted by Crippen LogP contribution is -2.36. The van der Waals surface area contributed by atoms with E-state index in [0.29, 0.717) is 6.42 Å². The lowest BCUT2D eigenvalue weighted by atomic mass is 9.81. The number of carbonyl (C=O) groups excluding carboxylic acids is 1. The summed E-state index contributed by atoms with van der Waals surface area (Å²) in [6, 6.07) is 0. The van der Waals surface area contributed by atoms with Crippen molar-refractivity contribution in [2.75, 3.05) is 13.2 Å². The molecule has 3 heterocycles. The van der Waals surface area contributed by atoms with Gasteiger partial charge in [-0.25, -0.2) is 0 Å². The summed E-state index contributed by atoms with van der Waals surface area (Å²) in [5, 5.41) is 0. The first-order valence-electron chi connectivity index (χ1n) is 12.8. The number of hydrogen-bond donors (Lipinski definition) is 0. The van der Waals surface area contributed by atoms with E-state index in [9.17, 15) is 4.79 Å². The highest BCUT2D eigenvalue weighted by Crippen LogP contribution is 2.45. The minimum atomic E-state index is -0.183. The summed E-state index contributed by atoms with van der Waals surface area (Å²) in [4.78, 5) is 12.0. The van der Waals surface area contributed by atoms with Gasteiger partial charge in [0.05, 0.1) is 18.6 Å². The van der Waals surface area contributed by atoms with Gasteiger partial charge < -0.3 is 23.7 Å². The number of rotatable bonds is 8. The van der Waals surface area contributed by atoms with E-state index in [2.05, 4.69) is 37.8 Å². The highest BCUT2D eigenvalue weighted by Gasteiger charge is 2.50. The molecule has 6 nitrogen and oxygen atoms in total. The summed E-state index contributed by atoms with van der Waals surface area (Å²) in [5.74, 6) is 6.39. The molecule has 0 bridgehead atoms. The Labute approximate surface area is 198 Å². The summed E-state index contributed by atoms with van der Waals surface area (Å²) in [5.41, 5.74) is -0.177. The molecule has 0 aromatic carbocycles. The van der Waals surface area contributed by atoms with Crippen molar-refractivity contribution in [3.8, 4) is 11.8 Å². The number of hydrogen-bond acceptors (Lipinski definition) is 6. The Bertz CT molecular complexity index is 737. The number of ether oxygens (including phenoxy) is 5.